The molecule has 2 heterocycles. The minimum absolute atomic E-state index is 0.188. The summed E-state index contributed by atoms with van der Waals surface area (Å²) in [6, 6.07) is 5.23. The number of aryl methyl sites for hydroxylation is 1. The zero-order valence-corrected chi connectivity index (χ0v) is 14.1. The molecule has 1 saturated heterocycles. The van der Waals surface area contributed by atoms with Crippen LogP contribution in [0.4, 0.5) is 5.69 Å². The SMILES string of the molecule is Cc1cc(C(C)(C)C)cc2c1N1CCN(C)C[C@@H]1COC2. The van der Waals surface area contributed by atoms with Crippen molar-refractivity contribution in [3.05, 3.63) is 28.8 Å². The molecule has 1 atom stereocenters. The molecule has 3 heteroatoms. The molecule has 0 spiro atoms. The second-order valence-electron chi connectivity index (χ2n) is 7.68. The Morgan fingerprint density at radius 3 is 2.67 bits per heavy atom. The monoisotopic (exact) mass is 288 g/mol. The molecule has 1 fully saturated rings. The first-order chi connectivity index (χ1) is 9.86. The molecule has 116 valence electrons. The summed E-state index contributed by atoms with van der Waals surface area (Å²) in [5, 5.41) is 0. The van der Waals surface area contributed by atoms with Crippen LogP contribution in [0, 0.1) is 6.92 Å². The van der Waals surface area contributed by atoms with Crippen LogP contribution in [0.5, 0.6) is 0 Å². The molecule has 2 aliphatic heterocycles. The third-order valence-corrected chi connectivity index (χ3v) is 4.79. The van der Waals surface area contributed by atoms with E-state index >= 15 is 0 Å². The third kappa shape index (κ3) is 2.82. The van der Waals surface area contributed by atoms with Gasteiger partial charge < -0.3 is 14.5 Å². The Balaban J connectivity index is 2.04. The highest BCUT2D eigenvalue weighted by molar-refractivity contribution is 5.62. The van der Waals surface area contributed by atoms with Crippen molar-refractivity contribution < 1.29 is 4.74 Å². The number of piperazine rings is 1. The lowest BCUT2D eigenvalue weighted by Gasteiger charge is -2.41. The second kappa shape index (κ2) is 5.29. The molecule has 0 amide bonds. The van der Waals surface area contributed by atoms with Crippen LogP contribution in [0.25, 0.3) is 0 Å². The molecule has 0 saturated carbocycles. The summed E-state index contributed by atoms with van der Waals surface area (Å²) in [5.41, 5.74) is 5.80. The number of benzene rings is 1. The molecule has 1 aromatic carbocycles. The van der Waals surface area contributed by atoms with Crippen molar-refractivity contribution in [2.45, 2.75) is 45.8 Å². The lowest BCUT2D eigenvalue weighted by Crippen LogP contribution is -2.53. The number of ether oxygens (including phenoxy) is 1. The summed E-state index contributed by atoms with van der Waals surface area (Å²) in [4.78, 5) is 5.00. The van der Waals surface area contributed by atoms with E-state index in [1.54, 1.807) is 0 Å². The molecule has 0 N–H and O–H groups in total. The van der Waals surface area contributed by atoms with E-state index in [4.69, 9.17) is 4.74 Å². The van der Waals surface area contributed by atoms with E-state index in [-0.39, 0.29) is 5.41 Å². The van der Waals surface area contributed by atoms with Crippen molar-refractivity contribution in [2.24, 2.45) is 0 Å². The Bertz CT molecular complexity index is 533. The normalized spacial score (nSPS) is 23.5. The summed E-state index contributed by atoms with van der Waals surface area (Å²) >= 11 is 0. The average Bonchev–Trinajstić information content (AvgIpc) is 2.56. The molecular formula is C18H28N2O. The number of anilines is 1. The summed E-state index contributed by atoms with van der Waals surface area (Å²) in [6.07, 6.45) is 0. The van der Waals surface area contributed by atoms with Crippen LogP contribution >= 0.6 is 0 Å². The predicted molar refractivity (Wildman–Crippen MR) is 88.2 cm³/mol. The van der Waals surface area contributed by atoms with Crippen LogP contribution < -0.4 is 4.90 Å². The van der Waals surface area contributed by atoms with Crippen molar-refractivity contribution in [1.82, 2.24) is 4.90 Å². The van der Waals surface area contributed by atoms with Crippen LogP contribution in [-0.2, 0) is 16.8 Å². The molecule has 0 radical (unpaired) electrons. The minimum atomic E-state index is 0.188. The van der Waals surface area contributed by atoms with E-state index in [1.807, 2.05) is 0 Å². The standard InChI is InChI=1S/C18H28N2O/c1-13-8-15(18(2,3)4)9-14-11-21-12-16-10-19(5)6-7-20(16)17(13)14/h8-9,16H,6-7,10-12H2,1-5H3/t16-/m1/s1. The third-order valence-electron chi connectivity index (χ3n) is 4.79. The number of hydrogen-bond acceptors (Lipinski definition) is 3. The molecular weight excluding hydrogens is 260 g/mol. The van der Waals surface area contributed by atoms with Crippen LogP contribution in [0.1, 0.15) is 37.5 Å². The first-order valence-corrected chi connectivity index (χ1v) is 8.03. The number of hydrogen-bond donors (Lipinski definition) is 0. The zero-order valence-electron chi connectivity index (χ0n) is 14.1. The van der Waals surface area contributed by atoms with Gasteiger partial charge in [0.25, 0.3) is 0 Å². The number of likely N-dealkylation sites (N-methyl/N-ethyl adjacent to an activating group) is 1. The van der Waals surface area contributed by atoms with Gasteiger partial charge in [0.15, 0.2) is 0 Å². The molecule has 0 bridgehead atoms. The van der Waals surface area contributed by atoms with Gasteiger partial charge in [-0.3, -0.25) is 0 Å². The van der Waals surface area contributed by atoms with Gasteiger partial charge in [-0.2, -0.15) is 0 Å². The van der Waals surface area contributed by atoms with Gasteiger partial charge in [-0.15, -0.1) is 0 Å². The first kappa shape index (κ1) is 14.9. The van der Waals surface area contributed by atoms with Crippen molar-refractivity contribution in [3.8, 4) is 0 Å². The largest absolute Gasteiger partial charge is 0.375 e. The number of fused-ring (bicyclic) bond motifs is 3. The van der Waals surface area contributed by atoms with Gasteiger partial charge in [-0.05, 0) is 30.5 Å². The van der Waals surface area contributed by atoms with E-state index in [1.165, 1.54) is 22.4 Å². The maximum absolute atomic E-state index is 5.99. The minimum Gasteiger partial charge on any atom is -0.375 e. The molecule has 0 unspecified atom stereocenters. The predicted octanol–water partition coefficient (Wildman–Crippen LogP) is 2.94. The van der Waals surface area contributed by atoms with Gasteiger partial charge in [0.1, 0.15) is 0 Å². The van der Waals surface area contributed by atoms with E-state index in [9.17, 15) is 0 Å². The molecule has 0 aliphatic carbocycles. The number of rotatable bonds is 0. The van der Waals surface area contributed by atoms with E-state index in [0.29, 0.717) is 6.04 Å². The highest BCUT2D eigenvalue weighted by atomic mass is 16.5. The molecule has 3 nitrogen and oxygen atoms in total. The Morgan fingerprint density at radius 1 is 1.19 bits per heavy atom. The molecule has 1 aromatic rings. The fourth-order valence-electron chi connectivity index (χ4n) is 3.56. The van der Waals surface area contributed by atoms with Gasteiger partial charge in [0.05, 0.1) is 19.3 Å². The lowest BCUT2D eigenvalue weighted by molar-refractivity contribution is 0.0959. The van der Waals surface area contributed by atoms with Crippen LogP contribution in [-0.4, -0.2) is 44.2 Å². The van der Waals surface area contributed by atoms with Crippen LogP contribution in [0.2, 0.25) is 0 Å². The summed E-state index contributed by atoms with van der Waals surface area (Å²) in [6.45, 7) is 14.0. The fourth-order valence-corrected chi connectivity index (χ4v) is 3.56. The molecule has 3 rings (SSSR count). The van der Waals surface area contributed by atoms with Crippen molar-refractivity contribution >= 4 is 5.69 Å². The maximum Gasteiger partial charge on any atom is 0.0738 e. The maximum atomic E-state index is 5.99. The van der Waals surface area contributed by atoms with E-state index < -0.39 is 0 Å². The first-order valence-electron chi connectivity index (χ1n) is 8.03. The smallest absolute Gasteiger partial charge is 0.0738 e. The van der Waals surface area contributed by atoms with Crippen LogP contribution in [0.3, 0.4) is 0 Å². The van der Waals surface area contributed by atoms with Crippen molar-refractivity contribution in [3.63, 3.8) is 0 Å². The van der Waals surface area contributed by atoms with Gasteiger partial charge in [-0.25, -0.2) is 0 Å². The molecule has 2 aliphatic rings. The van der Waals surface area contributed by atoms with Gasteiger partial charge in [-0.1, -0.05) is 32.9 Å². The molecule has 0 aromatic heterocycles. The van der Waals surface area contributed by atoms with Crippen molar-refractivity contribution in [1.29, 1.82) is 0 Å². The average molecular weight is 288 g/mol. The van der Waals surface area contributed by atoms with E-state index in [0.717, 1.165) is 32.8 Å². The van der Waals surface area contributed by atoms with Gasteiger partial charge in [0.2, 0.25) is 0 Å². The second-order valence-corrected chi connectivity index (χ2v) is 7.68. The zero-order chi connectivity index (χ0) is 15.2. The summed E-state index contributed by atoms with van der Waals surface area (Å²) in [5.74, 6) is 0. The number of nitrogens with zero attached hydrogens (tertiary/aromatic N) is 2. The Hall–Kier alpha value is -1.06. The molecule has 21 heavy (non-hydrogen) atoms. The Labute approximate surface area is 128 Å². The van der Waals surface area contributed by atoms with Gasteiger partial charge in [0, 0.05) is 30.9 Å². The van der Waals surface area contributed by atoms with Crippen molar-refractivity contribution in [2.75, 3.05) is 38.2 Å². The topological polar surface area (TPSA) is 15.7 Å². The summed E-state index contributed by atoms with van der Waals surface area (Å²) < 4.78 is 5.99. The Morgan fingerprint density at radius 2 is 1.95 bits per heavy atom. The fraction of sp³-hybridized carbons (Fsp3) is 0.667. The van der Waals surface area contributed by atoms with Crippen LogP contribution in [0.15, 0.2) is 12.1 Å². The summed E-state index contributed by atoms with van der Waals surface area (Å²) in [7, 11) is 2.21. The lowest BCUT2D eigenvalue weighted by atomic mass is 9.84. The van der Waals surface area contributed by atoms with Gasteiger partial charge >= 0.3 is 0 Å². The Kier molecular flexibility index (Phi) is 3.74. The highest BCUT2D eigenvalue weighted by Crippen LogP contribution is 2.35. The highest BCUT2D eigenvalue weighted by Gasteiger charge is 2.31. The van der Waals surface area contributed by atoms with E-state index in [2.05, 4.69) is 56.7 Å². The quantitative estimate of drug-likeness (QED) is 0.730.